The molecule has 0 unspecified atom stereocenters. The Hall–Kier alpha value is -1.64. The molecule has 3 heteroatoms. The molecule has 3 nitrogen and oxygen atoms in total. The third-order valence-electron chi connectivity index (χ3n) is 2.71. The fourth-order valence-corrected chi connectivity index (χ4v) is 1.91. The van der Waals surface area contributed by atoms with E-state index in [9.17, 15) is 0 Å². The van der Waals surface area contributed by atoms with Gasteiger partial charge in [-0.05, 0) is 26.0 Å². The molecule has 1 aromatic rings. The SMILES string of the molecule is CC1(C)C=Cc2cc3c(cc2O1)OCCO3. The molecule has 1 aromatic carbocycles. The van der Waals surface area contributed by atoms with Gasteiger partial charge in [0.05, 0.1) is 0 Å². The molecule has 2 aliphatic heterocycles. The van der Waals surface area contributed by atoms with E-state index in [-0.39, 0.29) is 5.60 Å². The lowest BCUT2D eigenvalue weighted by molar-refractivity contribution is 0.150. The first-order chi connectivity index (χ1) is 7.64. The van der Waals surface area contributed by atoms with Crippen LogP contribution in [-0.2, 0) is 0 Å². The summed E-state index contributed by atoms with van der Waals surface area (Å²) in [4.78, 5) is 0. The predicted octanol–water partition coefficient (Wildman–Crippen LogP) is 2.64. The van der Waals surface area contributed by atoms with Crippen LogP contribution in [0.4, 0.5) is 0 Å². The van der Waals surface area contributed by atoms with Gasteiger partial charge in [-0.3, -0.25) is 0 Å². The third kappa shape index (κ3) is 1.52. The first-order valence-electron chi connectivity index (χ1n) is 5.46. The van der Waals surface area contributed by atoms with Crippen LogP contribution in [0, 0.1) is 0 Å². The first-order valence-corrected chi connectivity index (χ1v) is 5.46. The molecule has 0 N–H and O–H groups in total. The number of ether oxygens (including phenoxy) is 3. The van der Waals surface area contributed by atoms with Gasteiger partial charge in [-0.1, -0.05) is 6.08 Å². The van der Waals surface area contributed by atoms with Crippen molar-refractivity contribution in [2.24, 2.45) is 0 Å². The molecular weight excluding hydrogens is 204 g/mol. The Labute approximate surface area is 94.6 Å². The Bertz CT molecular complexity index is 460. The zero-order valence-electron chi connectivity index (χ0n) is 9.45. The summed E-state index contributed by atoms with van der Waals surface area (Å²) < 4.78 is 16.9. The second-order valence-electron chi connectivity index (χ2n) is 4.57. The van der Waals surface area contributed by atoms with Gasteiger partial charge in [-0.15, -0.1) is 0 Å². The summed E-state index contributed by atoms with van der Waals surface area (Å²) in [6, 6.07) is 3.88. The summed E-state index contributed by atoms with van der Waals surface area (Å²) >= 11 is 0. The summed E-state index contributed by atoms with van der Waals surface area (Å²) in [5.41, 5.74) is 0.792. The van der Waals surface area contributed by atoms with Crippen LogP contribution in [0.25, 0.3) is 6.08 Å². The number of hydrogen-bond donors (Lipinski definition) is 0. The molecule has 0 spiro atoms. The minimum Gasteiger partial charge on any atom is -0.486 e. The molecule has 84 valence electrons. The smallest absolute Gasteiger partial charge is 0.165 e. The second kappa shape index (κ2) is 3.17. The highest BCUT2D eigenvalue weighted by Crippen LogP contribution is 2.40. The van der Waals surface area contributed by atoms with E-state index >= 15 is 0 Å². The second-order valence-corrected chi connectivity index (χ2v) is 4.57. The molecule has 0 saturated carbocycles. The minimum atomic E-state index is -0.253. The molecule has 0 radical (unpaired) electrons. The fraction of sp³-hybridized carbons (Fsp3) is 0.385. The highest BCUT2D eigenvalue weighted by Gasteiger charge is 2.24. The largest absolute Gasteiger partial charge is 0.486 e. The molecule has 16 heavy (non-hydrogen) atoms. The number of hydrogen-bond acceptors (Lipinski definition) is 3. The average Bonchev–Trinajstić information content (AvgIpc) is 2.25. The van der Waals surface area contributed by atoms with Gasteiger partial charge < -0.3 is 14.2 Å². The summed E-state index contributed by atoms with van der Waals surface area (Å²) in [6.07, 6.45) is 4.11. The zero-order valence-corrected chi connectivity index (χ0v) is 9.45. The molecule has 0 saturated heterocycles. The number of benzene rings is 1. The van der Waals surface area contributed by atoms with Crippen LogP contribution in [0.1, 0.15) is 19.4 Å². The van der Waals surface area contributed by atoms with Crippen LogP contribution in [0.5, 0.6) is 17.2 Å². The Morgan fingerprint density at radius 3 is 2.44 bits per heavy atom. The van der Waals surface area contributed by atoms with Crippen LogP contribution < -0.4 is 14.2 Å². The van der Waals surface area contributed by atoms with Crippen LogP contribution in [0.2, 0.25) is 0 Å². The van der Waals surface area contributed by atoms with Gasteiger partial charge in [-0.25, -0.2) is 0 Å². The lowest BCUT2D eigenvalue weighted by atomic mass is 10.0. The van der Waals surface area contributed by atoms with Crippen LogP contribution in [0.15, 0.2) is 18.2 Å². The van der Waals surface area contributed by atoms with Crippen molar-refractivity contribution >= 4 is 6.08 Å². The standard InChI is InChI=1S/C13H14O3/c1-13(2)4-3-9-7-11-12(8-10(9)16-13)15-6-5-14-11/h3-4,7-8H,5-6H2,1-2H3. The molecule has 3 rings (SSSR count). The molecule has 2 aliphatic rings. The van der Waals surface area contributed by atoms with E-state index < -0.39 is 0 Å². The molecule has 0 amide bonds. The Morgan fingerprint density at radius 1 is 1.00 bits per heavy atom. The first kappa shape index (κ1) is 9.58. The van der Waals surface area contributed by atoms with E-state index in [0.717, 1.165) is 22.8 Å². The summed E-state index contributed by atoms with van der Waals surface area (Å²) in [6.45, 7) is 5.28. The summed E-state index contributed by atoms with van der Waals surface area (Å²) in [7, 11) is 0. The van der Waals surface area contributed by atoms with Gasteiger partial charge in [0, 0.05) is 11.6 Å². The molecule has 0 bridgehead atoms. The van der Waals surface area contributed by atoms with E-state index in [0.29, 0.717) is 13.2 Å². The molecule has 0 aromatic heterocycles. The van der Waals surface area contributed by atoms with Crippen LogP contribution in [0.3, 0.4) is 0 Å². The molecule has 2 heterocycles. The van der Waals surface area contributed by atoms with Gasteiger partial charge in [0.2, 0.25) is 0 Å². The van der Waals surface area contributed by atoms with Crippen LogP contribution >= 0.6 is 0 Å². The maximum Gasteiger partial charge on any atom is 0.165 e. The van der Waals surface area contributed by atoms with Crippen molar-refractivity contribution in [3.63, 3.8) is 0 Å². The van der Waals surface area contributed by atoms with Crippen molar-refractivity contribution in [1.29, 1.82) is 0 Å². The topological polar surface area (TPSA) is 27.7 Å². The average molecular weight is 218 g/mol. The van der Waals surface area contributed by atoms with Crippen LogP contribution in [-0.4, -0.2) is 18.8 Å². The van der Waals surface area contributed by atoms with E-state index in [4.69, 9.17) is 14.2 Å². The van der Waals surface area contributed by atoms with E-state index in [1.807, 2.05) is 32.1 Å². The number of fused-ring (bicyclic) bond motifs is 2. The molecule has 0 aliphatic carbocycles. The van der Waals surface area contributed by atoms with Crippen molar-refractivity contribution in [2.75, 3.05) is 13.2 Å². The van der Waals surface area contributed by atoms with Gasteiger partial charge in [-0.2, -0.15) is 0 Å². The Balaban J connectivity index is 2.07. The Kier molecular flexibility index (Phi) is 1.90. The van der Waals surface area contributed by atoms with Crippen molar-refractivity contribution in [1.82, 2.24) is 0 Å². The minimum absolute atomic E-state index is 0.253. The van der Waals surface area contributed by atoms with Gasteiger partial charge in [0.1, 0.15) is 24.6 Å². The normalized spacial score (nSPS) is 19.9. The monoisotopic (exact) mass is 218 g/mol. The van der Waals surface area contributed by atoms with Gasteiger partial charge in [0.25, 0.3) is 0 Å². The summed E-state index contributed by atoms with van der Waals surface area (Å²) in [5, 5.41) is 0. The van der Waals surface area contributed by atoms with Crippen molar-refractivity contribution < 1.29 is 14.2 Å². The van der Waals surface area contributed by atoms with Gasteiger partial charge >= 0.3 is 0 Å². The Morgan fingerprint density at radius 2 is 1.69 bits per heavy atom. The lowest BCUT2D eigenvalue weighted by Gasteiger charge is -2.29. The maximum absolute atomic E-state index is 5.86. The highest BCUT2D eigenvalue weighted by molar-refractivity contribution is 5.66. The summed E-state index contributed by atoms with van der Waals surface area (Å²) in [5.74, 6) is 2.44. The van der Waals surface area contributed by atoms with Crippen molar-refractivity contribution in [3.05, 3.63) is 23.8 Å². The molecule has 0 fully saturated rings. The van der Waals surface area contributed by atoms with E-state index in [1.165, 1.54) is 0 Å². The quantitative estimate of drug-likeness (QED) is 0.670. The van der Waals surface area contributed by atoms with Gasteiger partial charge in [0.15, 0.2) is 11.5 Å². The van der Waals surface area contributed by atoms with E-state index in [1.54, 1.807) is 0 Å². The van der Waals surface area contributed by atoms with E-state index in [2.05, 4.69) is 6.08 Å². The number of rotatable bonds is 0. The van der Waals surface area contributed by atoms with Crippen molar-refractivity contribution in [3.8, 4) is 17.2 Å². The predicted molar refractivity (Wildman–Crippen MR) is 61.2 cm³/mol. The molecular formula is C13H14O3. The fourth-order valence-electron chi connectivity index (χ4n) is 1.91. The lowest BCUT2D eigenvalue weighted by Crippen LogP contribution is -2.27. The maximum atomic E-state index is 5.86. The third-order valence-corrected chi connectivity index (χ3v) is 2.71. The molecule has 0 atom stereocenters. The highest BCUT2D eigenvalue weighted by atomic mass is 16.6. The van der Waals surface area contributed by atoms with Crippen molar-refractivity contribution in [2.45, 2.75) is 19.4 Å². The zero-order chi connectivity index (χ0) is 11.2.